The third kappa shape index (κ3) is 5.44. The number of methoxy groups -OCH3 is 1. The standard InChI is InChI=1S/C28H35N5O3/c1-19(2)29-26(34)16-33-28(22-5-4-6-25(15-22)35-3)30-27(31-33)21-9-7-20(8-10-21)13-14-32-23-11-12-24(32)18-36-17-23/h4-10,15,19,23-24H,11-14,16-18H2,1-3H3,(H,29,34). The highest BCUT2D eigenvalue weighted by molar-refractivity contribution is 5.77. The molecule has 2 unspecified atom stereocenters. The van der Waals surface area contributed by atoms with Crippen molar-refractivity contribution < 1.29 is 14.3 Å². The van der Waals surface area contributed by atoms with Crippen molar-refractivity contribution in [1.29, 1.82) is 0 Å². The van der Waals surface area contributed by atoms with Crippen LogP contribution in [-0.2, 0) is 22.5 Å². The highest BCUT2D eigenvalue weighted by atomic mass is 16.5. The van der Waals surface area contributed by atoms with E-state index in [1.165, 1.54) is 18.4 Å². The van der Waals surface area contributed by atoms with Crippen LogP contribution < -0.4 is 10.1 Å². The van der Waals surface area contributed by atoms with Gasteiger partial charge in [-0.25, -0.2) is 9.67 Å². The van der Waals surface area contributed by atoms with E-state index in [2.05, 4.69) is 34.5 Å². The lowest BCUT2D eigenvalue weighted by Crippen LogP contribution is -2.46. The van der Waals surface area contributed by atoms with Gasteiger partial charge in [-0.15, -0.1) is 5.10 Å². The SMILES string of the molecule is COc1cccc(-c2nc(-c3ccc(CCN4C5CCC4COC5)cc3)nn2CC(=O)NC(C)C)c1. The maximum atomic E-state index is 12.5. The number of fused-ring (bicyclic) bond motifs is 2. The van der Waals surface area contributed by atoms with Gasteiger partial charge in [-0.05, 0) is 50.8 Å². The molecule has 8 heteroatoms. The fourth-order valence-electron chi connectivity index (χ4n) is 5.21. The van der Waals surface area contributed by atoms with Crippen molar-refractivity contribution >= 4 is 5.91 Å². The van der Waals surface area contributed by atoms with Gasteiger partial charge in [0.2, 0.25) is 5.91 Å². The fraction of sp³-hybridized carbons (Fsp3) is 0.464. The number of nitrogens with zero attached hydrogens (tertiary/aromatic N) is 4. The number of amides is 1. The molecule has 2 bridgehead atoms. The first kappa shape index (κ1) is 24.5. The molecule has 0 saturated carbocycles. The minimum absolute atomic E-state index is 0.0564. The van der Waals surface area contributed by atoms with E-state index >= 15 is 0 Å². The lowest BCUT2D eigenvalue weighted by molar-refractivity contribution is -0.122. The van der Waals surface area contributed by atoms with E-state index in [-0.39, 0.29) is 18.5 Å². The Balaban J connectivity index is 1.35. The maximum absolute atomic E-state index is 12.5. The molecule has 0 radical (unpaired) electrons. The molecule has 2 aromatic carbocycles. The van der Waals surface area contributed by atoms with Gasteiger partial charge in [0.15, 0.2) is 11.6 Å². The number of nitrogens with one attached hydrogen (secondary N) is 1. The van der Waals surface area contributed by atoms with E-state index in [4.69, 9.17) is 19.6 Å². The van der Waals surface area contributed by atoms with Gasteiger partial charge in [0, 0.05) is 35.8 Å². The minimum Gasteiger partial charge on any atom is -0.497 e. The highest BCUT2D eigenvalue weighted by Crippen LogP contribution is 2.29. The number of carbonyl (C=O) groups is 1. The van der Waals surface area contributed by atoms with Crippen molar-refractivity contribution in [3.05, 3.63) is 54.1 Å². The predicted molar refractivity (Wildman–Crippen MR) is 139 cm³/mol. The van der Waals surface area contributed by atoms with Crippen molar-refractivity contribution in [3.63, 3.8) is 0 Å². The minimum atomic E-state index is -0.0991. The number of morpholine rings is 1. The Kier molecular flexibility index (Phi) is 7.34. The third-order valence-corrected chi connectivity index (χ3v) is 7.01. The molecule has 190 valence electrons. The first-order valence-electron chi connectivity index (χ1n) is 12.8. The summed E-state index contributed by atoms with van der Waals surface area (Å²) in [5.41, 5.74) is 3.08. The lowest BCUT2D eigenvalue weighted by atomic mass is 10.1. The predicted octanol–water partition coefficient (Wildman–Crippen LogP) is 3.55. The molecule has 2 aliphatic rings. The van der Waals surface area contributed by atoms with Crippen LogP contribution in [0.4, 0.5) is 0 Å². The topological polar surface area (TPSA) is 81.5 Å². The van der Waals surface area contributed by atoms with Crippen molar-refractivity contribution in [2.24, 2.45) is 0 Å². The summed E-state index contributed by atoms with van der Waals surface area (Å²) in [7, 11) is 1.64. The second-order valence-electron chi connectivity index (χ2n) is 9.98. The van der Waals surface area contributed by atoms with Gasteiger partial charge >= 0.3 is 0 Å². The number of aromatic nitrogens is 3. The van der Waals surface area contributed by atoms with Crippen LogP contribution in [0, 0.1) is 0 Å². The summed E-state index contributed by atoms with van der Waals surface area (Å²) in [5, 5.41) is 7.66. The molecule has 3 heterocycles. The normalized spacial score (nSPS) is 19.6. The van der Waals surface area contributed by atoms with Gasteiger partial charge in [-0.3, -0.25) is 9.69 Å². The largest absolute Gasteiger partial charge is 0.497 e. The van der Waals surface area contributed by atoms with E-state index in [1.54, 1.807) is 11.8 Å². The molecule has 36 heavy (non-hydrogen) atoms. The first-order chi connectivity index (χ1) is 17.5. The average Bonchev–Trinajstić information content (AvgIpc) is 3.38. The monoisotopic (exact) mass is 489 g/mol. The Hall–Kier alpha value is -3.23. The molecule has 2 atom stereocenters. The molecular weight excluding hydrogens is 454 g/mol. The van der Waals surface area contributed by atoms with Crippen LogP contribution in [0.5, 0.6) is 5.75 Å². The molecule has 1 amide bonds. The van der Waals surface area contributed by atoms with Gasteiger partial charge in [0.05, 0.1) is 20.3 Å². The molecule has 5 rings (SSSR count). The van der Waals surface area contributed by atoms with E-state index in [1.807, 2.05) is 38.1 Å². The number of ether oxygens (including phenoxy) is 2. The summed E-state index contributed by atoms with van der Waals surface area (Å²) in [4.78, 5) is 20.0. The Morgan fingerprint density at radius 1 is 1.11 bits per heavy atom. The van der Waals surface area contributed by atoms with Gasteiger partial charge in [-0.2, -0.15) is 0 Å². The molecule has 2 saturated heterocycles. The van der Waals surface area contributed by atoms with Gasteiger partial charge in [-0.1, -0.05) is 36.4 Å². The van der Waals surface area contributed by atoms with Crippen LogP contribution in [0.15, 0.2) is 48.5 Å². The summed E-state index contributed by atoms with van der Waals surface area (Å²) in [6, 6.07) is 17.4. The molecule has 1 aromatic heterocycles. The maximum Gasteiger partial charge on any atom is 0.242 e. The van der Waals surface area contributed by atoms with Crippen LogP contribution in [0.2, 0.25) is 0 Å². The molecule has 0 aliphatic carbocycles. The molecule has 3 aromatic rings. The van der Waals surface area contributed by atoms with Crippen molar-refractivity contribution in [3.8, 4) is 28.5 Å². The molecule has 2 aliphatic heterocycles. The van der Waals surface area contributed by atoms with Crippen LogP contribution in [0.1, 0.15) is 32.3 Å². The summed E-state index contributed by atoms with van der Waals surface area (Å²) in [6.07, 6.45) is 3.52. The molecular formula is C28H35N5O3. The van der Waals surface area contributed by atoms with E-state index in [0.717, 1.165) is 43.1 Å². The summed E-state index contributed by atoms with van der Waals surface area (Å²) < 4.78 is 12.8. The zero-order chi connectivity index (χ0) is 25.1. The number of carbonyl (C=O) groups excluding carboxylic acids is 1. The Bertz CT molecular complexity index is 1170. The van der Waals surface area contributed by atoms with Crippen molar-refractivity contribution in [2.45, 2.75) is 57.8 Å². The Morgan fingerprint density at radius 3 is 2.56 bits per heavy atom. The second kappa shape index (κ2) is 10.8. The Morgan fingerprint density at radius 2 is 1.86 bits per heavy atom. The molecule has 8 nitrogen and oxygen atoms in total. The number of rotatable bonds is 9. The smallest absolute Gasteiger partial charge is 0.242 e. The van der Waals surface area contributed by atoms with E-state index in [9.17, 15) is 4.79 Å². The van der Waals surface area contributed by atoms with Crippen molar-refractivity contribution in [1.82, 2.24) is 25.0 Å². The third-order valence-electron chi connectivity index (χ3n) is 7.01. The van der Waals surface area contributed by atoms with Gasteiger partial charge in [0.25, 0.3) is 0 Å². The zero-order valence-corrected chi connectivity index (χ0v) is 21.3. The van der Waals surface area contributed by atoms with Crippen LogP contribution in [0.3, 0.4) is 0 Å². The second-order valence-corrected chi connectivity index (χ2v) is 9.98. The summed E-state index contributed by atoms with van der Waals surface area (Å²) >= 11 is 0. The number of hydrogen-bond acceptors (Lipinski definition) is 6. The summed E-state index contributed by atoms with van der Waals surface area (Å²) in [6.45, 7) is 6.79. The number of hydrogen-bond donors (Lipinski definition) is 1. The number of benzene rings is 2. The lowest BCUT2D eigenvalue weighted by Gasteiger charge is -2.34. The summed E-state index contributed by atoms with van der Waals surface area (Å²) in [5.74, 6) is 1.86. The van der Waals surface area contributed by atoms with Gasteiger partial charge in [0.1, 0.15) is 12.3 Å². The van der Waals surface area contributed by atoms with Crippen LogP contribution in [0.25, 0.3) is 22.8 Å². The molecule has 2 fully saturated rings. The first-order valence-corrected chi connectivity index (χ1v) is 12.8. The zero-order valence-electron chi connectivity index (χ0n) is 21.3. The Labute approximate surface area is 212 Å². The van der Waals surface area contributed by atoms with Crippen LogP contribution in [-0.4, -0.2) is 70.6 Å². The van der Waals surface area contributed by atoms with Crippen LogP contribution >= 0.6 is 0 Å². The quantitative estimate of drug-likeness (QED) is 0.495. The molecule has 0 spiro atoms. The van der Waals surface area contributed by atoms with Gasteiger partial charge < -0.3 is 14.8 Å². The highest BCUT2D eigenvalue weighted by Gasteiger charge is 2.36. The van der Waals surface area contributed by atoms with Crippen molar-refractivity contribution in [2.75, 3.05) is 26.9 Å². The fourth-order valence-corrected chi connectivity index (χ4v) is 5.21. The average molecular weight is 490 g/mol. The van der Waals surface area contributed by atoms with E-state index < -0.39 is 0 Å². The van der Waals surface area contributed by atoms with E-state index in [0.29, 0.717) is 23.7 Å². The molecule has 1 N–H and O–H groups in total.